The monoisotopic (exact) mass is 647 g/mol. The Morgan fingerprint density at radius 2 is 1.57 bits per heavy atom. The fourth-order valence-corrected chi connectivity index (χ4v) is 7.38. The zero-order valence-electron chi connectivity index (χ0n) is 24.4. The Morgan fingerprint density at radius 1 is 0.886 bits per heavy atom. The lowest BCUT2D eigenvalue weighted by Crippen LogP contribution is -2.47. The predicted octanol–water partition coefficient (Wildman–Crippen LogP) is 7.57. The first kappa shape index (κ1) is 33.0. The number of hydrogen-bond acceptors (Lipinski definition) is 3. The summed E-state index contributed by atoms with van der Waals surface area (Å²) in [6.45, 7) is 4.60. The Hall–Kier alpha value is -2.37. The number of benzene rings is 2. The molecule has 3 heterocycles. The van der Waals surface area contributed by atoms with Crippen LogP contribution >= 0.6 is 11.6 Å². The molecular formula is C32H37ClF7N3O. The maximum absolute atomic E-state index is 14.4. The van der Waals surface area contributed by atoms with Gasteiger partial charge in [-0.25, -0.2) is 4.39 Å². The third-order valence-corrected chi connectivity index (χ3v) is 10.1. The van der Waals surface area contributed by atoms with Crippen LogP contribution in [0.3, 0.4) is 0 Å². The van der Waals surface area contributed by atoms with Crippen molar-refractivity contribution in [2.75, 3.05) is 45.8 Å². The molecule has 3 aliphatic rings. The van der Waals surface area contributed by atoms with Gasteiger partial charge in [0.25, 0.3) is 0 Å². The van der Waals surface area contributed by atoms with Crippen LogP contribution in [0.15, 0.2) is 36.4 Å². The number of piperidine rings is 2. The Kier molecular flexibility index (Phi) is 9.87. The van der Waals surface area contributed by atoms with Crippen LogP contribution in [0.2, 0.25) is 5.02 Å². The first-order valence-electron chi connectivity index (χ1n) is 15.2. The Bertz CT molecular complexity index is 1300. The molecule has 242 valence electrons. The van der Waals surface area contributed by atoms with Gasteiger partial charge in [-0.2, -0.15) is 26.3 Å². The third kappa shape index (κ3) is 7.36. The zero-order valence-corrected chi connectivity index (χ0v) is 25.2. The quantitative estimate of drug-likeness (QED) is 0.290. The molecule has 5 rings (SSSR count). The molecule has 3 fully saturated rings. The van der Waals surface area contributed by atoms with Gasteiger partial charge in [0.2, 0.25) is 5.91 Å². The maximum Gasteiger partial charge on any atom is 0.417 e. The summed E-state index contributed by atoms with van der Waals surface area (Å²) in [6, 6.07) is 6.84. The molecule has 2 aromatic carbocycles. The highest BCUT2D eigenvalue weighted by Crippen LogP contribution is 2.45. The van der Waals surface area contributed by atoms with Crippen molar-refractivity contribution in [2.45, 2.75) is 75.2 Å². The molecule has 1 amide bonds. The first-order chi connectivity index (χ1) is 20.8. The van der Waals surface area contributed by atoms with Crippen molar-refractivity contribution < 1.29 is 35.5 Å². The molecule has 3 aliphatic heterocycles. The van der Waals surface area contributed by atoms with E-state index < -0.39 is 40.6 Å². The largest absolute Gasteiger partial charge is 0.417 e. The summed E-state index contributed by atoms with van der Waals surface area (Å²) in [5, 5.41) is 0.0920. The van der Waals surface area contributed by atoms with Crippen molar-refractivity contribution in [3.05, 3.63) is 69.5 Å². The summed E-state index contributed by atoms with van der Waals surface area (Å²) in [6.07, 6.45) is -4.44. The summed E-state index contributed by atoms with van der Waals surface area (Å²) < 4.78 is 96.9. The van der Waals surface area contributed by atoms with E-state index in [9.17, 15) is 35.5 Å². The minimum absolute atomic E-state index is 0.0187. The van der Waals surface area contributed by atoms with E-state index >= 15 is 0 Å². The average molecular weight is 648 g/mol. The van der Waals surface area contributed by atoms with E-state index in [0.29, 0.717) is 31.1 Å². The molecule has 44 heavy (non-hydrogen) atoms. The maximum atomic E-state index is 14.4. The number of nitrogens with zero attached hydrogens (tertiary/aromatic N) is 3. The normalized spacial score (nSPS) is 23.0. The Morgan fingerprint density at radius 3 is 2.20 bits per heavy atom. The minimum Gasteiger partial charge on any atom is -0.341 e. The molecule has 0 N–H and O–H groups in total. The molecule has 2 aromatic rings. The molecule has 4 nitrogen and oxygen atoms in total. The number of carbonyl (C=O) groups excluding carboxylic acids is 1. The molecular weight excluding hydrogens is 611 g/mol. The zero-order chi connectivity index (χ0) is 31.7. The summed E-state index contributed by atoms with van der Waals surface area (Å²) in [5.74, 6) is -1.08. The third-order valence-electron chi connectivity index (χ3n) is 9.71. The Balaban J connectivity index is 1.37. The minimum atomic E-state index is -5.21. The lowest BCUT2D eigenvalue weighted by molar-refractivity contribution is -0.162. The predicted molar refractivity (Wildman–Crippen MR) is 154 cm³/mol. The molecule has 0 bridgehead atoms. The van der Waals surface area contributed by atoms with Gasteiger partial charge in [-0.15, -0.1) is 0 Å². The summed E-state index contributed by atoms with van der Waals surface area (Å²) in [4.78, 5) is 19.6. The van der Waals surface area contributed by atoms with Crippen LogP contribution in [-0.2, 0) is 29.0 Å². The second kappa shape index (κ2) is 13.2. The van der Waals surface area contributed by atoms with Crippen molar-refractivity contribution >= 4 is 17.5 Å². The second-order valence-electron chi connectivity index (χ2n) is 12.4. The van der Waals surface area contributed by atoms with Gasteiger partial charge in [-0.1, -0.05) is 30.2 Å². The molecule has 0 radical (unpaired) electrons. The molecule has 0 aromatic heterocycles. The fraction of sp³-hybridized carbons (Fsp3) is 0.594. The van der Waals surface area contributed by atoms with Gasteiger partial charge in [-0.05, 0) is 101 Å². The molecule has 3 saturated heterocycles. The van der Waals surface area contributed by atoms with E-state index in [4.69, 9.17) is 11.6 Å². The molecule has 0 aliphatic carbocycles. The van der Waals surface area contributed by atoms with Crippen molar-refractivity contribution in [1.29, 1.82) is 0 Å². The van der Waals surface area contributed by atoms with Crippen LogP contribution in [-0.4, -0.2) is 72.5 Å². The summed E-state index contributed by atoms with van der Waals surface area (Å²) in [7, 11) is 0. The highest BCUT2D eigenvalue weighted by atomic mass is 35.5. The smallest absolute Gasteiger partial charge is 0.341 e. The van der Waals surface area contributed by atoms with E-state index in [1.165, 1.54) is 42.4 Å². The van der Waals surface area contributed by atoms with Gasteiger partial charge in [0, 0.05) is 35.1 Å². The van der Waals surface area contributed by atoms with E-state index in [2.05, 4.69) is 9.80 Å². The number of halogens is 8. The van der Waals surface area contributed by atoms with E-state index in [0.717, 1.165) is 45.1 Å². The van der Waals surface area contributed by atoms with Gasteiger partial charge in [0.05, 0.1) is 17.5 Å². The highest BCUT2D eigenvalue weighted by Gasteiger charge is 2.47. The van der Waals surface area contributed by atoms with Crippen LogP contribution in [0.5, 0.6) is 0 Å². The molecule has 0 saturated carbocycles. The first-order valence-corrected chi connectivity index (χ1v) is 15.6. The van der Waals surface area contributed by atoms with Gasteiger partial charge in [-0.3, -0.25) is 4.79 Å². The molecule has 0 spiro atoms. The SMILES string of the molecule is O=C(Cc1c(F)cccc1Cl)N1CCC(CCN2CCC(N3CCCCC3)CC2)(c2ccc(C(F)(F)F)c(C(F)(F)F)c2)C1. The number of carbonyl (C=O) groups is 1. The van der Waals surface area contributed by atoms with Crippen LogP contribution in [0.1, 0.15) is 67.2 Å². The lowest BCUT2D eigenvalue weighted by Gasteiger charge is -2.41. The van der Waals surface area contributed by atoms with Crippen molar-refractivity contribution in [1.82, 2.24) is 14.7 Å². The van der Waals surface area contributed by atoms with Crippen LogP contribution < -0.4 is 0 Å². The number of likely N-dealkylation sites (tertiary alicyclic amines) is 3. The van der Waals surface area contributed by atoms with E-state index in [-0.39, 0.29) is 42.1 Å². The van der Waals surface area contributed by atoms with Gasteiger partial charge in [0.15, 0.2) is 0 Å². The van der Waals surface area contributed by atoms with Crippen LogP contribution in [0.25, 0.3) is 0 Å². The lowest BCUT2D eigenvalue weighted by atomic mass is 9.75. The van der Waals surface area contributed by atoms with Crippen molar-refractivity contribution in [2.24, 2.45) is 0 Å². The number of hydrogen-bond donors (Lipinski definition) is 0. The molecule has 1 unspecified atom stereocenters. The van der Waals surface area contributed by atoms with E-state index in [1.807, 2.05) is 0 Å². The van der Waals surface area contributed by atoms with Crippen molar-refractivity contribution in [3.63, 3.8) is 0 Å². The van der Waals surface area contributed by atoms with Gasteiger partial charge >= 0.3 is 12.4 Å². The highest BCUT2D eigenvalue weighted by molar-refractivity contribution is 6.31. The second-order valence-corrected chi connectivity index (χ2v) is 12.8. The molecule has 12 heteroatoms. The average Bonchev–Trinajstić information content (AvgIpc) is 3.43. The van der Waals surface area contributed by atoms with Gasteiger partial charge < -0.3 is 14.7 Å². The Labute approximate surface area is 258 Å². The standard InChI is InChI=1S/C32H37ClF7N3O/c33-27-5-4-6-28(34)24(27)20-29(44)43-18-12-30(21-43,22-7-8-25(31(35,36)37)26(19-22)32(38,39)40)11-17-41-15-9-23(10-16-41)42-13-2-1-3-14-42/h4-8,19,23H,1-3,9-18,20-21H2. The number of alkyl halides is 6. The topological polar surface area (TPSA) is 26.8 Å². The summed E-state index contributed by atoms with van der Waals surface area (Å²) in [5.41, 5.74) is -4.30. The van der Waals surface area contributed by atoms with Crippen LogP contribution in [0.4, 0.5) is 30.7 Å². The molecule has 1 atom stereocenters. The van der Waals surface area contributed by atoms with Crippen molar-refractivity contribution in [3.8, 4) is 0 Å². The number of rotatable bonds is 7. The van der Waals surface area contributed by atoms with E-state index in [1.54, 1.807) is 0 Å². The summed E-state index contributed by atoms with van der Waals surface area (Å²) >= 11 is 6.12. The number of amides is 1. The fourth-order valence-electron chi connectivity index (χ4n) is 7.15. The van der Waals surface area contributed by atoms with Gasteiger partial charge in [0.1, 0.15) is 5.82 Å². The van der Waals surface area contributed by atoms with Crippen LogP contribution in [0, 0.1) is 5.82 Å².